The fraction of sp³-hybridized carbons (Fsp3) is 0.594. The van der Waals surface area contributed by atoms with Gasteiger partial charge in [0.15, 0.2) is 0 Å². The van der Waals surface area contributed by atoms with Crippen LogP contribution in [0.3, 0.4) is 0 Å². The molecule has 0 aliphatic carbocycles. The van der Waals surface area contributed by atoms with E-state index in [2.05, 4.69) is 127 Å². The lowest BCUT2D eigenvalue weighted by molar-refractivity contribution is -0.271. The summed E-state index contributed by atoms with van der Waals surface area (Å²) < 4.78 is 5.51. The second-order valence-corrected chi connectivity index (χ2v) is 18.4. The quantitative estimate of drug-likeness (QED) is 0.282. The number of carbonyl (C=O) groups is 1. The molecule has 0 heterocycles. The summed E-state index contributed by atoms with van der Waals surface area (Å²) in [5.41, 5.74) is 6.61. The molecule has 0 aliphatic heterocycles. The Kier molecular flexibility index (Phi) is 9.21. The van der Waals surface area contributed by atoms with E-state index < -0.39 is 6.09 Å². The minimum absolute atomic E-state index is 0.178. The minimum Gasteiger partial charge on any atom is -0.507 e. The van der Waals surface area contributed by atoms with Crippen molar-refractivity contribution in [1.82, 2.24) is 0 Å². The molecule has 1 amide bonds. The molecule has 0 atom stereocenters. The van der Waals surface area contributed by atoms with E-state index in [9.17, 15) is 9.90 Å². The van der Waals surface area contributed by atoms with Gasteiger partial charge in [-0.05, 0) is 59.8 Å². The first-order valence-electron chi connectivity index (χ1n) is 13.3. The fourth-order valence-corrected chi connectivity index (χ4v) is 6.98. The summed E-state index contributed by atoms with van der Waals surface area (Å²) in [4.78, 5) is 14.2. The third kappa shape index (κ3) is 8.19. The number of quaternary nitrogens is 1. The fourth-order valence-electron chi connectivity index (χ4n) is 4.40. The van der Waals surface area contributed by atoms with Gasteiger partial charge in [-0.3, -0.25) is 5.73 Å². The van der Waals surface area contributed by atoms with Crippen LogP contribution in [0.2, 0.25) is 0 Å². The van der Waals surface area contributed by atoms with E-state index in [1.165, 1.54) is 0 Å². The van der Waals surface area contributed by atoms with Gasteiger partial charge in [-0.1, -0.05) is 83.1 Å². The molecule has 212 valence electrons. The van der Waals surface area contributed by atoms with Crippen LogP contribution in [0.15, 0.2) is 34.1 Å². The van der Waals surface area contributed by atoms with Gasteiger partial charge in [-0.15, -0.1) is 23.5 Å². The number of rotatable bonds is 5. The van der Waals surface area contributed by atoms with E-state index in [-0.39, 0.29) is 25.7 Å². The minimum atomic E-state index is -0.547. The Balaban J connectivity index is 2.63. The predicted octanol–water partition coefficient (Wildman–Crippen LogP) is 8.94. The molecule has 4 nitrogen and oxygen atoms in total. The average molecular weight is 561 g/mol. The maximum atomic E-state index is 11.9. The van der Waals surface area contributed by atoms with Crippen molar-refractivity contribution in [3.8, 4) is 11.5 Å². The number of carbonyl (C=O) groups excluding carboxylic acids is 1. The first kappa shape index (κ1) is 32.6. The van der Waals surface area contributed by atoms with Crippen molar-refractivity contribution in [2.45, 2.75) is 132 Å². The molecule has 0 unspecified atom stereocenters. The number of thioether (sulfide) groups is 2. The number of phenols is 1. The Labute approximate surface area is 239 Å². The van der Waals surface area contributed by atoms with Gasteiger partial charge in [0.05, 0.1) is 4.08 Å². The summed E-state index contributed by atoms with van der Waals surface area (Å²) in [6, 6.07) is 8.63. The van der Waals surface area contributed by atoms with Gasteiger partial charge in [0, 0.05) is 32.0 Å². The molecule has 0 saturated carbocycles. The van der Waals surface area contributed by atoms with Crippen LogP contribution < -0.4 is 10.5 Å². The highest BCUT2D eigenvalue weighted by molar-refractivity contribution is 8.18. The van der Waals surface area contributed by atoms with Crippen molar-refractivity contribution >= 4 is 29.6 Å². The molecular weight excluding hydrogens is 510 g/mol. The molecule has 0 aliphatic rings. The highest BCUT2D eigenvalue weighted by Crippen LogP contribution is 2.51. The monoisotopic (exact) mass is 560 g/mol. The van der Waals surface area contributed by atoms with Crippen LogP contribution in [-0.4, -0.2) is 15.3 Å². The van der Waals surface area contributed by atoms with Crippen molar-refractivity contribution in [2.24, 2.45) is 0 Å². The summed E-state index contributed by atoms with van der Waals surface area (Å²) in [5.74, 6) is 1.03. The second kappa shape index (κ2) is 10.7. The number of amides is 1. The van der Waals surface area contributed by atoms with E-state index in [0.717, 1.165) is 32.0 Å². The normalized spacial score (nSPS) is 13.6. The lowest BCUT2D eigenvalue weighted by Gasteiger charge is -2.32. The van der Waals surface area contributed by atoms with Crippen LogP contribution in [0.1, 0.15) is 119 Å². The number of aromatic hydroxyl groups is 1. The van der Waals surface area contributed by atoms with Gasteiger partial charge in [0.25, 0.3) is 0 Å². The summed E-state index contributed by atoms with van der Waals surface area (Å²) in [7, 11) is 0. The first-order valence-corrected chi connectivity index (χ1v) is 14.9. The Morgan fingerprint density at radius 2 is 0.921 bits per heavy atom. The summed E-state index contributed by atoms with van der Waals surface area (Å²) in [6.45, 7) is 30.2. The lowest BCUT2D eigenvalue weighted by atomic mass is 9.79. The first-order chi connectivity index (χ1) is 16.8. The van der Waals surface area contributed by atoms with Gasteiger partial charge in [0.2, 0.25) is 0 Å². The van der Waals surface area contributed by atoms with E-state index in [4.69, 9.17) is 4.74 Å². The zero-order chi connectivity index (χ0) is 29.6. The SMILES string of the molecule is CC(C)(Sc1cc(C(C)(C)C)c(O)c(C(C)(C)C)c1)Sc1cc(C(C)(C)C)c(OC([NH3+])=O)c(C(C)(C)C)c1. The lowest BCUT2D eigenvalue weighted by Crippen LogP contribution is -2.59. The van der Waals surface area contributed by atoms with Crippen LogP contribution in [0, 0.1) is 0 Å². The van der Waals surface area contributed by atoms with E-state index in [0.29, 0.717) is 11.5 Å². The van der Waals surface area contributed by atoms with Gasteiger partial charge in [-0.25, -0.2) is 0 Å². The smallest absolute Gasteiger partial charge is 0.507 e. The van der Waals surface area contributed by atoms with Gasteiger partial charge in [-0.2, -0.15) is 4.79 Å². The number of ether oxygens (including phenoxy) is 1. The Bertz CT molecular complexity index is 1120. The molecule has 2 rings (SSSR count). The molecule has 6 heteroatoms. The van der Waals surface area contributed by atoms with Crippen molar-refractivity contribution < 1.29 is 20.4 Å². The molecule has 2 aromatic rings. The maximum Gasteiger partial charge on any atom is 0.516 e. The van der Waals surface area contributed by atoms with Crippen molar-refractivity contribution in [1.29, 1.82) is 0 Å². The molecule has 2 aromatic carbocycles. The van der Waals surface area contributed by atoms with E-state index >= 15 is 0 Å². The molecule has 0 radical (unpaired) electrons. The summed E-state index contributed by atoms with van der Waals surface area (Å²) in [6.07, 6.45) is -0.547. The molecule has 4 N–H and O–H groups in total. The molecule has 0 spiro atoms. The molecule has 0 bridgehead atoms. The van der Waals surface area contributed by atoms with Crippen LogP contribution in [0.25, 0.3) is 0 Å². The second-order valence-electron chi connectivity index (χ2n) is 14.8. The van der Waals surface area contributed by atoms with Crippen LogP contribution in [-0.2, 0) is 21.7 Å². The number of hydrogen-bond acceptors (Lipinski definition) is 5. The molecule has 38 heavy (non-hydrogen) atoms. The average Bonchev–Trinajstić information content (AvgIpc) is 2.65. The van der Waals surface area contributed by atoms with Crippen LogP contribution in [0.5, 0.6) is 11.5 Å². The van der Waals surface area contributed by atoms with Gasteiger partial charge in [0.1, 0.15) is 11.5 Å². The van der Waals surface area contributed by atoms with Crippen molar-refractivity contribution in [2.75, 3.05) is 0 Å². The third-order valence-corrected chi connectivity index (χ3v) is 8.75. The summed E-state index contributed by atoms with van der Waals surface area (Å²) in [5, 5.41) is 11.2. The summed E-state index contributed by atoms with van der Waals surface area (Å²) >= 11 is 3.61. The zero-order valence-corrected chi connectivity index (χ0v) is 27.7. The number of hydrogen-bond donors (Lipinski definition) is 2. The largest absolute Gasteiger partial charge is 0.516 e. The molecular formula is C32H50NO3S2+. The standard InChI is InChI=1S/C32H49NO3S2/c1-28(2,3)21-15-19(16-22(25(21)34)29(4,5)6)37-32(13,14)38-20-17-23(30(7,8)9)26(36-27(33)35)24(18-20)31(10,11)12/h15-18,34H,1-14H3,(H2,33,35)/p+1. The van der Waals surface area contributed by atoms with Gasteiger partial charge >= 0.3 is 6.09 Å². The van der Waals surface area contributed by atoms with E-state index in [1.807, 2.05) is 11.8 Å². The highest BCUT2D eigenvalue weighted by Gasteiger charge is 2.32. The Morgan fingerprint density at radius 1 is 0.632 bits per heavy atom. The molecule has 0 aromatic heterocycles. The van der Waals surface area contributed by atoms with Gasteiger partial charge < -0.3 is 9.84 Å². The zero-order valence-electron chi connectivity index (χ0n) is 26.1. The van der Waals surface area contributed by atoms with Crippen LogP contribution in [0.4, 0.5) is 4.79 Å². The number of benzene rings is 2. The maximum absolute atomic E-state index is 11.9. The molecule has 0 saturated heterocycles. The van der Waals surface area contributed by atoms with Crippen molar-refractivity contribution in [3.05, 3.63) is 46.5 Å². The molecule has 0 fully saturated rings. The predicted molar refractivity (Wildman–Crippen MR) is 164 cm³/mol. The van der Waals surface area contributed by atoms with Crippen molar-refractivity contribution in [3.63, 3.8) is 0 Å². The van der Waals surface area contributed by atoms with E-state index in [1.54, 1.807) is 11.8 Å². The Hall–Kier alpha value is -1.63. The highest BCUT2D eigenvalue weighted by atomic mass is 32.2. The third-order valence-electron chi connectivity index (χ3n) is 6.32. The number of phenolic OH excluding ortho intramolecular Hbond substituents is 1. The Morgan fingerprint density at radius 3 is 1.18 bits per heavy atom. The van der Waals surface area contributed by atoms with Crippen LogP contribution >= 0.6 is 23.5 Å². The topological polar surface area (TPSA) is 74.2 Å².